The molecule has 4 nitrogen and oxygen atoms in total. The summed E-state index contributed by atoms with van der Waals surface area (Å²) in [5.41, 5.74) is -0.409. The molecule has 0 aliphatic carbocycles. The lowest BCUT2D eigenvalue weighted by molar-refractivity contribution is -0.143. The molecule has 0 saturated carbocycles. The summed E-state index contributed by atoms with van der Waals surface area (Å²) >= 11 is 0. The summed E-state index contributed by atoms with van der Waals surface area (Å²) in [4.78, 5) is 14.8. The van der Waals surface area contributed by atoms with Gasteiger partial charge < -0.3 is 14.7 Å². The molecule has 1 fully saturated rings. The minimum atomic E-state index is -5.01. The van der Waals surface area contributed by atoms with Crippen LogP contribution in [0.2, 0.25) is 0 Å². The van der Waals surface area contributed by atoms with Crippen LogP contribution >= 0.6 is 0 Å². The number of aliphatic hydroxyl groups is 1. The highest BCUT2D eigenvalue weighted by Crippen LogP contribution is 2.45. The lowest BCUT2D eigenvalue weighted by atomic mass is 9.83. The number of hydrogen-bond acceptors (Lipinski definition) is 3. The van der Waals surface area contributed by atoms with Crippen LogP contribution in [0, 0.1) is 5.82 Å². The molecule has 4 atom stereocenters. The van der Waals surface area contributed by atoms with Crippen LogP contribution in [0.4, 0.5) is 30.7 Å². The molecule has 42 heavy (non-hydrogen) atoms. The van der Waals surface area contributed by atoms with Gasteiger partial charge in [-0.25, -0.2) is 4.39 Å². The topological polar surface area (TPSA) is 49.8 Å². The molecular weight excluding hydrogens is 567 g/mol. The van der Waals surface area contributed by atoms with Crippen LogP contribution in [0.3, 0.4) is 0 Å². The summed E-state index contributed by atoms with van der Waals surface area (Å²) in [6, 6.07) is 13.5. The number of halogens is 7. The molecule has 0 bridgehead atoms. The average molecular weight is 594 g/mol. The van der Waals surface area contributed by atoms with Crippen molar-refractivity contribution >= 4 is 11.5 Å². The smallest absolute Gasteiger partial charge is 0.392 e. The second-order valence-electron chi connectivity index (χ2n) is 10.5. The maximum Gasteiger partial charge on any atom is 0.416 e. The summed E-state index contributed by atoms with van der Waals surface area (Å²) in [6.07, 6.45) is -10.2. The maximum absolute atomic E-state index is 13.8. The van der Waals surface area contributed by atoms with Crippen molar-refractivity contribution in [3.8, 4) is 0 Å². The number of fused-ring (bicyclic) bond motifs is 1. The summed E-state index contributed by atoms with van der Waals surface area (Å²) in [5.74, 6) is -1.37. The largest absolute Gasteiger partial charge is 0.416 e. The number of hydrogen-bond donors (Lipinski definition) is 1. The Morgan fingerprint density at radius 3 is 2.07 bits per heavy atom. The van der Waals surface area contributed by atoms with E-state index >= 15 is 0 Å². The number of amides is 1. The summed E-state index contributed by atoms with van der Waals surface area (Å²) in [7, 11) is 0. The van der Waals surface area contributed by atoms with E-state index in [-0.39, 0.29) is 30.7 Å². The molecule has 2 aliphatic rings. The Hall–Kier alpha value is -3.70. The van der Waals surface area contributed by atoms with Gasteiger partial charge in [0, 0.05) is 24.6 Å². The van der Waals surface area contributed by atoms with Crippen molar-refractivity contribution in [2.45, 2.75) is 56.5 Å². The van der Waals surface area contributed by atoms with E-state index in [0.717, 1.165) is 11.1 Å². The first kappa shape index (κ1) is 29.8. The SMILES string of the molecule is C[C@@H](O[C@H]1CN2C(=O)C=C(c3ccc(CO)cc3)CC2[C@@H]1c1ccc(F)cc1)c1cc(C(F)(F)F)cc(C(F)(F)F)c1. The van der Waals surface area contributed by atoms with Crippen LogP contribution in [0.1, 0.15) is 58.7 Å². The Bertz CT molecular complexity index is 1450. The fraction of sp³-hybridized carbons (Fsp3) is 0.323. The molecule has 3 aromatic rings. The first-order chi connectivity index (χ1) is 19.7. The third-order valence-corrected chi connectivity index (χ3v) is 7.82. The first-order valence-corrected chi connectivity index (χ1v) is 13.2. The van der Waals surface area contributed by atoms with E-state index in [0.29, 0.717) is 29.7 Å². The lowest BCUT2D eigenvalue weighted by Gasteiger charge is -2.33. The number of aliphatic hydroxyl groups excluding tert-OH is 1. The second kappa shape index (κ2) is 11.2. The highest BCUT2D eigenvalue weighted by atomic mass is 19.4. The molecule has 0 spiro atoms. The van der Waals surface area contributed by atoms with E-state index in [1.165, 1.54) is 37.3 Å². The van der Waals surface area contributed by atoms with Gasteiger partial charge >= 0.3 is 12.4 Å². The zero-order chi connectivity index (χ0) is 30.4. The van der Waals surface area contributed by atoms with E-state index in [2.05, 4.69) is 0 Å². The van der Waals surface area contributed by atoms with Crippen molar-refractivity contribution in [2.24, 2.45) is 0 Å². The summed E-state index contributed by atoms with van der Waals surface area (Å²) < 4.78 is 101. The predicted octanol–water partition coefficient (Wildman–Crippen LogP) is 7.28. The van der Waals surface area contributed by atoms with Crippen LogP contribution in [-0.2, 0) is 28.5 Å². The molecule has 1 saturated heterocycles. The van der Waals surface area contributed by atoms with Gasteiger partial charge in [-0.05, 0) is 71.5 Å². The third-order valence-electron chi connectivity index (χ3n) is 7.82. The van der Waals surface area contributed by atoms with Crippen LogP contribution in [0.5, 0.6) is 0 Å². The fourth-order valence-electron chi connectivity index (χ4n) is 5.72. The number of rotatable bonds is 6. The molecule has 2 aliphatic heterocycles. The third kappa shape index (κ3) is 6.07. The van der Waals surface area contributed by atoms with E-state index in [9.17, 15) is 40.6 Å². The molecule has 1 amide bonds. The molecule has 1 unspecified atom stereocenters. The Balaban J connectivity index is 1.48. The number of alkyl halides is 6. The van der Waals surface area contributed by atoms with Gasteiger partial charge in [0.25, 0.3) is 0 Å². The zero-order valence-electron chi connectivity index (χ0n) is 22.2. The van der Waals surface area contributed by atoms with Gasteiger partial charge in [-0.2, -0.15) is 26.3 Å². The van der Waals surface area contributed by atoms with E-state index in [4.69, 9.17) is 4.74 Å². The summed E-state index contributed by atoms with van der Waals surface area (Å²) in [6.45, 7) is 1.26. The van der Waals surface area contributed by atoms with E-state index < -0.39 is 53.5 Å². The number of ether oxygens (including phenoxy) is 1. The minimum Gasteiger partial charge on any atom is -0.392 e. The summed E-state index contributed by atoms with van der Waals surface area (Å²) in [5, 5.41) is 9.35. The maximum atomic E-state index is 13.8. The van der Waals surface area contributed by atoms with E-state index in [1.54, 1.807) is 29.2 Å². The van der Waals surface area contributed by atoms with Crippen LogP contribution < -0.4 is 0 Å². The Morgan fingerprint density at radius 2 is 1.52 bits per heavy atom. The van der Waals surface area contributed by atoms with Gasteiger partial charge in [0.2, 0.25) is 5.91 Å². The normalized spacial score (nSPS) is 21.7. The number of carbonyl (C=O) groups excluding carboxylic acids is 1. The highest BCUT2D eigenvalue weighted by molar-refractivity contribution is 5.98. The number of carbonyl (C=O) groups is 1. The lowest BCUT2D eigenvalue weighted by Crippen LogP contribution is -2.39. The van der Waals surface area contributed by atoms with Gasteiger partial charge in [-0.15, -0.1) is 0 Å². The van der Waals surface area contributed by atoms with Crippen molar-refractivity contribution in [1.82, 2.24) is 4.90 Å². The number of benzene rings is 3. The minimum absolute atomic E-state index is 0.0359. The van der Waals surface area contributed by atoms with Crippen LogP contribution in [0.25, 0.3) is 5.57 Å². The van der Waals surface area contributed by atoms with Crippen molar-refractivity contribution in [1.29, 1.82) is 0 Å². The first-order valence-electron chi connectivity index (χ1n) is 13.2. The van der Waals surface area contributed by atoms with E-state index in [1.807, 2.05) is 0 Å². The molecule has 11 heteroatoms. The van der Waals surface area contributed by atoms with Crippen LogP contribution in [0.15, 0.2) is 72.8 Å². The predicted molar refractivity (Wildman–Crippen MR) is 139 cm³/mol. The fourth-order valence-corrected chi connectivity index (χ4v) is 5.72. The molecule has 0 radical (unpaired) electrons. The standard InChI is InChI=1S/C31H26F7NO3/c1-17(21-10-23(30(33,34)35)14-24(11-21)31(36,37)38)42-27-15-39-26(29(27)20-6-8-25(32)9-7-20)12-22(13-28(39)41)19-4-2-18(16-40)3-5-19/h2-11,13-14,17,26-27,29,40H,12,15-16H2,1H3/t17-,26?,27+,29+/m1/s1. The number of nitrogens with zero attached hydrogens (tertiary/aromatic N) is 1. The van der Waals surface area contributed by atoms with Gasteiger partial charge in [-0.3, -0.25) is 4.79 Å². The molecule has 3 aromatic carbocycles. The molecule has 222 valence electrons. The van der Waals surface area contributed by atoms with Crippen molar-refractivity contribution in [3.05, 3.63) is 112 Å². The van der Waals surface area contributed by atoms with Gasteiger partial charge in [0.05, 0.1) is 29.9 Å². The van der Waals surface area contributed by atoms with Crippen molar-refractivity contribution in [2.75, 3.05) is 6.54 Å². The molecule has 5 rings (SSSR count). The highest BCUT2D eigenvalue weighted by Gasteiger charge is 2.48. The Labute approximate surface area is 237 Å². The molecule has 0 aromatic heterocycles. The van der Waals surface area contributed by atoms with Crippen LogP contribution in [-0.4, -0.2) is 34.6 Å². The molecule has 1 N–H and O–H groups in total. The van der Waals surface area contributed by atoms with Gasteiger partial charge in [0.15, 0.2) is 0 Å². The van der Waals surface area contributed by atoms with Gasteiger partial charge in [0.1, 0.15) is 5.82 Å². The zero-order valence-corrected chi connectivity index (χ0v) is 22.2. The monoisotopic (exact) mass is 593 g/mol. The Morgan fingerprint density at radius 1 is 0.929 bits per heavy atom. The quantitative estimate of drug-likeness (QED) is 0.306. The van der Waals surface area contributed by atoms with Crippen molar-refractivity contribution < 1.29 is 45.4 Å². The average Bonchev–Trinajstić information content (AvgIpc) is 3.30. The Kier molecular flexibility index (Phi) is 7.93. The van der Waals surface area contributed by atoms with Crippen molar-refractivity contribution in [3.63, 3.8) is 0 Å². The molecule has 2 heterocycles. The second-order valence-corrected chi connectivity index (χ2v) is 10.5. The molecular formula is C31H26F7NO3. The van der Waals surface area contributed by atoms with Gasteiger partial charge in [-0.1, -0.05) is 36.4 Å².